The average Bonchev–Trinajstić information content (AvgIpc) is 2.76. The van der Waals surface area contributed by atoms with E-state index in [1.807, 2.05) is 0 Å². The molecule has 0 fully saturated rings. The minimum atomic E-state index is -3.90. The van der Waals surface area contributed by atoms with E-state index < -0.39 is 15.8 Å². The Hall–Kier alpha value is -1.86. The Morgan fingerprint density at radius 2 is 2.00 bits per heavy atom. The van der Waals surface area contributed by atoms with Gasteiger partial charge in [0.2, 0.25) is 0 Å². The first-order valence-corrected chi connectivity index (χ1v) is 7.85. The Labute approximate surface area is 123 Å². The number of hydrogen-bond donors (Lipinski definition) is 2. The van der Waals surface area contributed by atoms with Gasteiger partial charge in [-0.3, -0.25) is 4.72 Å². The molecule has 0 aliphatic carbocycles. The van der Waals surface area contributed by atoms with Gasteiger partial charge in [-0.2, -0.15) is 0 Å². The molecule has 1 heterocycles. The molecule has 0 unspecified atom stereocenters. The summed E-state index contributed by atoms with van der Waals surface area (Å²) in [7, 11) is -2.17. The average molecular weight is 312 g/mol. The summed E-state index contributed by atoms with van der Waals surface area (Å²) in [5, 5.41) is 2.87. The molecule has 1 aromatic carbocycles. The van der Waals surface area contributed by atoms with Crippen molar-refractivity contribution in [3.05, 3.63) is 47.2 Å². The van der Waals surface area contributed by atoms with E-state index in [1.165, 1.54) is 18.2 Å². The van der Waals surface area contributed by atoms with Crippen molar-refractivity contribution < 1.29 is 17.2 Å². The van der Waals surface area contributed by atoms with Gasteiger partial charge in [0.05, 0.1) is 12.2 Å². The summed E-state index contributed by atoms with van der Waals surface area (Å²) >= 11 is 0. The number of aryl methyl sites for hydroxylation is 2. The number of para-hydroxylation sites is 1. The highest BCUT2D eigenvalue weighted by atomic mass is 32.2. The van der Waals surface area contributed by atoms with Crippen molar-refractivity contribution in [1.82, 2.24) is 5.32 Å². The molecule has 7 heteroatoms. The summed E-state index contributed by atoms with van der Waals surface area (Å²) < 4.78 is 46.2. The summed E-state index contributed by atoms with van der Waals surface area (Å²) in [6, 6.07) is 5.80. The van der Waals surface area contributed by atoms with Crippen LogP contribution >= 0.6 is 0 Å². The quantitative estimate of drug-likeness (QED) is 0.890. The Bertz CT molecular complexity index is 733. The fourth-order valence-corrected chi connectivity index (χ4v) is 3.35. The molecule has 0 saturated heterocycles. The molecule has 21 heavy (non-hydrogen) atoms. The maximum absolute atomic E-state index is 13.8. The van der Waals surface area contributed by atoms with Crippen LogP contribution in [0.2, 0.25) is 0 Å². The molecular weight excluding hydrogens is 295 g/mol. The second-order valence-corrected chi connectivity index (χ2v) is 6.35. The number of halogens is 1. The third-order valence-electron chi connectivity index (χ3n) is 3.02. The maximum atomic E-state index is 13.8. The van der Waals surface area contributed by atoms with E-state index >= 15 is 0 Å². The van der Waals surface area contributed by atoms with E-state index in [2.05, 4.69) is 10.0 Å². The lowest BCUT2D eigenvalue weighted by Gasteiger charge is -2.10. The number of hydrogen-bond acceptors (Lipinski definition) is 4. The van der Waals surface area contributed by atoms with Crippen LogP contribution in [0, 0.1) is 19.7 Å². The first-order valence-electron chi connectivity index (χ1n) is 6.37. The molecule has 0 radical (unpaired) electrons. The normalized spacial score (nSPS) is 11.6. The molecule has 1 aromatic heterocycles. The van der Waals surface area contributed by atoms with Crippen LogP contribution in [-0.2, 0) is 16.6 Å². The minimum absolute atomic E-state index is 0.00963. The van der Waals surface area contributed by atoms with Crippen molar-refractivity contribution >= 4 is 15.7 Å². The number of benzene rings is 1. The molecule has 0 spiro atoms. The molecule has 0 amide bonds. The van der Waals surface area contributed by atoms with Gasteiger partial charge in [-0.1, -0.05) is 12.1 Å². The minimum Gasteiger partial charge on any atom is -0.464 e. The van der Waals surface area contributed by atoms with Crippen LogP contribution < -0.4 is 10.0 Å². The highest BCUT2D eigenvalue weighted by Gasteiger charge is 2.23. The molecule has 0 aliphatic heterocycles. The summed E-state index contributed by atoms with van der Waals surface area (Å²) in [4.78, 5) is 0.00963. The molecule has 2 aromatic rings. The third-order valence-corrected chi connectivity index (χ3v) is 4.48. The highest BCUT2D eigenvalue weighted by molar-refractivity contribution is 7.92. The van der Waals surface area contributed by atoms with Gasteiger partial charge in [-0.25, -0.2) is 12.8 Å². The predicted octanol–water partition coefficient (Wildman–Crippen LogP) is 2.56. The van der Waals surface area contributed by atoms with Crippen molar-refractivity contribution in [3.63, 3.8) is 0 Å². The topological polar surface area (TPSA) is 71.3 Å². The fourth-order valence-electron chi connectivity index (χ4n) is 2.00. The van der Waals surface area contributed by atoms with Crippen molar-refractivity contribution in [1.29, 1.82) is 0 Å². The predicted molar refractivity (Wildman–Crippen MR) is 78.2 cm³/mol. The number of furan rings is 1. The first kappa shape index (κ1) is 15.5. The van der Waals surface area contributed by atoms with Crippen molar-refractivity contribution in [2.24, 2.45) is 0 Å². The molecule has 2 rings (SSSR count). The molecule has 0 aliphatic rings. The molecule has 114 valence electrons. The Balaban J connectivity index is 2.39. The molecule has 5 nitrogen and oxygen atoms in total. The lowest BCUT2D eigenvalue weighted by atomic mass is 10.2. The van der Waals surface area contributed by atoms with Crippen LogP contribution in [0.25, 0.3) is 0 Å². The van der Waals surface area contributed by atoms with E-state index in [0.717, 1.165) is 0 Å². The van der Waals surface area contributed by atoms with Crippen LogP contribution in [0.1, 0.15) is 17.1 Å². The second kappa shape index (κ2) is 5.87. The van der Waals surface area contributed by atoms with Crippen LogP contribution in [-0.4, -0.2) is 15.5 Å². The zero-order chi connectivity index (χ0) is 15.6. The smallest absolute Gasteiger partial charge is 0.265 e. The van der Waals surface area contributed by atoms with Crippen LogP contribution in [0.5, 0.6) is 0 Å². The van der Waals surface area contributed by atoms with Crippen LogP contribution in [0.4, 0.5) is 10.1 Å². The molecule has 0 bridgehead atoms. The number of nitrogens with one attached hydrogen (secondary N) is 2. The van der Waals surface area contributed by atoms with E-state index in [9.17, 15) is 12.8 Å². The highest BCUT2D eigenvalue weighted by Crippen LogP contribution is 2.26. The summed E-state index contributed by atoms with van der Waals surface area (Å²) in [5.74, 6) is 0.151. The molecular formula is C14H17FN2O3S. The lowest BCUT2D eigenvalue weighted by molar-refractivity contribution is 0.466. The van der Waals surface area contributed by atoms with Gasteiger partial charge >= 0.3 is 0 Å². The number of anilines is 1. The van der Waals surface area contributed by atoms with Gasteiger partial charge in [0, 0.05) is 6.07 Å². The first-order chi connectivity index (χ1) is 9.85. The Morgan fingerprint density at radius 3 is 2.62 bits per heavy atom. The lowest BCUT2D eigenvalue weighted by Crippen LogP contribution is -2.15. The third kappa shape index (κ3) is 3.25. The summed E-state index contributed by atoms with van der Waals surface area (Å²) in [5.41, 5.74) is 0.462. The fraction of sp³-hybridized carbons (Fsp3) is 0.286. The van der Waals surface area contributed by atoms with Crippen molar-refractivity contribution in [2.75, 3.05) is 11.8 Å². The zero-order valence-corrected chi connectivity index (χ0v) is 12.8. The Kier molecular flexibility index (Phi) is 4.34. The van der Waals surface area contributed by atoms with Gasteiger partial charge < -0.3 is 9.73 Å². The SMILES string of the molecule is CNCc1cc(S(=O)(=O)Nc2c(C)cccc2F)c(C)o1. The molecule has 0 atom stereocenters. The van der Waals surface area contributed by atoms with Crippen molar-refractivity contribution in [2.45, 2.75) is 25.3 Å². The van der Waals surface area contributed by atoms with E-state index in [0.29, 0.717) is 17.9 Å². The van der Waals surface area contributed by atoms with Crippen molar-refractivity contribution in [3.8, 4) is 0 Å². The maximum Gasteiger partial charge on any atom is 0.265 e. The largest absolute Gasteiger partial charge is 0.464 e. The van der Waals surface area contributed by atoms with E-state index in [1.54, 1.807) is 27.0 Å². The van der Waals surface area contributed by atoms with Gasteiger partial charge in [-0.05, 0) is 32.5 Å². The Morgan fingerprint density at radius 1 is 1.29 bits per heavy atom. The van der Waals surface area contributed by atoms with E-state index in [4.69, 9.17) is 4.42 Å². The summed E-state index contributed by atoms with van der Waals surface area (Å²) in [6.45, 7) is 3.60. The molecule has 0 saturated carbocycles. The van der Waals surface area contributed by atoms with E-state index in [-0.39, 0.29) is 16.3 Å². The number of rotatable bonds is 5. The second-order valence-electron chi connectivity index (χ2n) is 4.70. The van der Waals surface area contributed by atoms with Gasteiger partial charge in [-0.15, -0.1) is 0 Å². The zero-order valence-electron chi connectivity index (χ0n) is 12.0. The molecule has 2 N–H and O–H groups in total. The standard InChI is InChI=1S/C14H17FN2O3S/c1-9-5-4-6-12(15)14(9)17-21(18,19)13-7-11(8-16-3)20-10(13)2/h4-7,16-17H,8H2,1-3H3. The van der Waals surface area contributed by atoms with Crippen LogP contribution in [0.15, 0.2) is 33.6 Å². The van der Waals surface area contributed by atoms with Gasteiger partial charge in [0.25, 0.3) is 10.0 Å². The van der Waals surface area contributed by atoms with Crippen LogP contribution in [0.3, 0.4) is 0 Å². The van der Waals surface area contributed by atoms with Gasteiger partial charge in [0.15, 0.2) is 0 Å². The monoisotopic (exact) mass is 312 g/mol. The summed E-state index contributed by atoms with van der Waals surface area (Å²) in [6.07, 6.45) is 0. The van der Waals surface area contributed by atoms with Gasteiger partial charge in [0.1, 0.15) is 22.2 Å². The number of sulfonamides is 1.